The number of aromatic nitrogens is 3. The van der Waals surface area contributed by atoms with Crippen molar-refractivity contribution in [3.63, 3.8) is 0 Å². The Balaban J connectivity index is 2.24. The zero-order chi connectivity index (χ0) is 16.3. The first kappa shape index (κ1) is 15.9. The van der Waals surface area contributed by atoms with Crippen LogP contribution < -0.4 is 10.1 Å². The van der Waals surface area contributed by atoms with Gasteiger partial charge in [-0.2, -0.15) is 0 Å². The number of carbonyl (C=O) groups excluding carboxylic acids is 1. The molecule has 1 aromatic carbocycles. The minimum atomic E-state index is -0.630. The van der Waals surface area contributed by atoms with Crippen molar-refractivity contribution < 1.29 is 13.9 Å². The standard InChI is InChI=1S/C15H19FN4O2/c1-9(2)20-8-17-19-14(20)10(3)18-15(21)13-11(16)6-5-7-12(13)22-4/h5-10H,1-4H3,(H,18,21). The first-order valence-corrected chi connectivity index (χ1v) is 6.98. The second-order valence-electron chi connectivity index (χ2n) is 5.20. The zero-order valence-electron chi connectivity index (χ0n) is 13.0. The summed E-state index contributed by atoms with van der Waals surface area (Å²) in [5.74, 6) is -0.385. The van der Waals surface area contributed by atoms with E-state index in [9.17, 15) is 9.18 Å². The molecule has 6 nitrogen and oxygen atoms in total. The van der Waals surface area contributed by atoms with Crippen LogP contribution in [0.2, 0.25) is 0 Å². The van der Waals surface area contributed by atoms with Crippen molar-refractivity contribution in [1.82, 2.24) is 20.1 Å². The highest BCUT2D eigenvalue weighted by Crippen LogP contribution is 2.22. The molecule has 0 radical (unpaired) electrons. The maximum absolute atomic E-state index is 13.9. The van der Waals surface area contributed by atoms with Gasteiger partial charge < -0.3 is 14.6 Å². The van der Waals surface area contributed by atoms with Crippen molar-refractivity contribution >= 4 is 5.91 Å². The fourth-order valence-corrected chi connectivity index (χ4v) is 2.19. The van der Waals surface area contributed by atoms with E-state index in [1.54, 1.807) is 19.3 Å². The molecule has 0 fully saturated rings. The number of rotatable bonds is 5. The molecule has 0 aliphatic rings. The third-order valence-electron chi connectivity index (χ3n) is 3.31. The molecule has 1 aromatic heterocycles. The number of hydrogen-bond donors (Lipinski definition) is 1. The number of amides is 1. The molecule has 0 aliphatic carbocycles. The average molecular weight is 306 g/mol. The molecule has 1 heterocycles. The van der Waals surface area contributed by atoms with E-state index in [0.29, 0.717) is 5.82 Å². The summed E-state index contributed by atoms with van der Waals surface area (Å²) in [4.78, 5) is 12.3. The van der Waals surface area contributed by atoms with Gasteiger partial charge in [0.05, 0.1) is 13.2 Å². The van der Waals surface area contributed by atoms with Crippen molar-refractivity contribution in [3.8, 4) is 5.75 Å². The largest absolute Gasteiger partial charge is 0.496 e. The summed E-state index contributed by atoms with van der Waals surface area (Å²) in [5, 5.41) is 10.6. The normalized spacial score (nSPS) is 12.3. The third kappa shape index (κ3) is 3.08. The highest BCUT2D eigenvalue weighted by molar-refractivity contribution is 5.97. The first-order chi connectivity index (χ1) is 10.5. The van der Waals surface area contributed by atoms with Gasteiger partial charge in [0.15, 0.2) is 5.82 Å². The van der Waals surface area contributed by atoms with Crippen LogP contribution in [0, 0.1) is 5.82 Å². The second kappa shape index (κ2) is 6.55. The molecule has 2 aromatic rings. The molecular weight excluding hydrogens is 287 g/mol. The molecule has 1 unspecified atom stereocenters. The van der Waals surface area contributed by atoms with Gasteiger partial charge in [-0.1, -0.05) is 6.07 Å². The minimum absolute atomic E-state index is 0.118. The van der Waals surface area contributed by atoms with E-state index < -0.39 is 17.8 Å². The van der Waals surface area contributed by atoms with Crippen LogP contribution in [-0.4, -0.2) is 27.8 Å². The van der Waals surface area contributed by atoms with Crippen LogP contribution in [0.1, 0.15) is 49.0 Å². The summed E-state index contributed by atoms with van der Waals surface area (Å²) in [5.41, 5.74) is -0.118. The van der Waals surface area contributed by atoms with Gasteiger partial charge in [0, 0.05) is 6.04 Å². The number of methoxy groups -OCH3 is 1. The van der Waals surface area contributed by atoms with Crippen molar-refractivity contribution in [2.75, 3.05) is 7.11 Å². The quantitative estimate of drug-likeness (QED) is 0.921. The number of nitrogens with zero attached hydrogens (tertiary/aromatic N) is 3. The molecular formula is C15H19FN4O2. The molecule has 1 atom stereocenters. The predicted molar refractivity (Wildman–Crippen MR) is 79.2 cm³/mol. The maximum atomic E-state index is 13.9. The van der Waals surface area contributed by atoms with Crippen LogP contribution in [0.4, 0.5) is 4.39 Å². The van der Waals surface area contributed by atoms with Crippen LogP contribution in [0.5, 0.6) is 5.75 Å². The number of halogens is 1. The molecule has 0 spiro atoms. The van der Waals surface area contributed by atoms with Gasteiger partial charge in [-0.05, 0) is 32.9 Å². The summed E-state index contributed by atoms with van der Waals surface area (Å²) in [6, 6.07) is 4.00. The average Bonchev–Trinajstić information content (AvgIpc) is 2.96. The van der Waals surface area contributed by atoms with Gasteiger partial charge in [-0.25, -0.2) is 4.39 Å². The van der Waals surface area contributed by atoms with Gasteiger partial charge in [0.25, 0.3) is 5.91 Å². The molecule has 0 bridgehead atoms. The zero-order valence-corrected chi connectivity index (χ0v) is 13.0. The highest BCUT2D eigenvalue weighted by Gasteiger charge is 2.22. The number of ether oxygens (including phenoxy) is 1. The Bertz CT molecular complexity index is 669. The van der Waals surface area contributed by atoms with Gasteiger partial charge in [0.2, 0.25) is 0 Å². The number of nitrogens with one attached hydrogen (secondary N) is 1. The Morgan fingerprint density at radius 1 is 1.36 bits per heavy atom. The van der Waals surface area contributed by atoms with E-state index in [1.807, 2.05) is 18.4 Å². The monoisotopic (exact) mass is 306 g/mol. The van der Waals surface area contributed by atoms with Crippen molar-refractivity contribution in [1.29, 1.82) is 0 Å². The lowest BCUT2D eigenvalue weighted by atomic mass is 10.1. The summed E-state index contributed by atoms with van der Waals surface area (Å²) in [7, 11) is 1.39. The first-order valence-electron chi connectivity index (χ1n) is 6.98. The smallest absolute Gasteiger partial charge is 0.258 e. The van der Waals surface area contributed by atoms with E-state index in [1.165, 1.54) is 19.2 Å². The Labute approximate surface area is 128 Å². The van der Waals surface area contributed by atoms with Crippen LogP contribution in [-0.2, 0) is 0 Å². The molecule has 0 aliphatic heterocycles. The van der Waals surface area contributed by atoms with Crippen LogP contribution in [0.3, 0.4) is 0 Å². The fraction of sp³-hybridized carbons (Fsp3) is 0.400. The minimum Gasteiger partial charge on any atom is -0.496 e. The molecule has 7 heteroatoms. The number of carbonyl (C=O) groups is 1. The summed E-state index contributed by atoms with van der Waals surface area (Å²) in [6.45, 7) is 5.75. The summed E-state index contributed by atoms with van der Waals surface area (Å²) < 4.78 is 20.8. The van der Waals surface area contributed by atoms with Crippen molar-refractivity contribution in [2.24, 2.45) is 0 Å². The van der Waals surface area contributed by atoms with Crippen LogP contribution in [0.15, 0.2) is 24.5 Å². The molecule has 0 saturated heterocycles. The Kier molecular flexibility index (Phi) is 4.75. The van der Waals surface area contributed by atoms with E-state index in [2.05, 4.69) is 15.5 Å². The third-order valence-corrected chi connectivity index (χ3v) is 3.31. The summed E-state index contributed by atoms with van der Waals surface area (Å²) >= 11 is 0. The molecule has 1 amide bonds. The van der Waals surface area contributed by atoms with Gasteiger partial charge >= 0.3 is 0 Å². The molecule has 118 valence electrons. The fourth-order valence-electron chi connectivity index (χ4n) is 2.19. The van der Waals surface area contributed by atoms with E-state index in [0.717, 1.165) is 0 Å². The Morgan fingerprint density at radius 2 is 2.09 bits per heavy atom. The van der Waals surface area contributed by atoms with Gasteiger partial charge in [-0.15, -0.1) is 10.2 Å². The molecule has 0 saturated carbocycles. The lowest BCUT2D eigenvalue weighted by molar-refractivity contribution is 0.0930. The lowest BCUT2D eigenvalue weighted by Gasteiger charge is -2.17. The van der Waals surface area contributed by atoms with Crippen molar-refractivity contribution in [3.05, 3.63) is 41.7 Å². The predicted octanol–water partition coefficient (Wildman–Crippen LogP) is 2.50. The van der Waals surface area contributed by atoms with Crippen LogP contribution >= 0.6 is 0 Å². The van der Waals surface area contributed by atoms with Gasteiger partial charge in [-0.3, -0.25) is 4.79 Å². The Hall–Kier alpha value is -2.44. The topological polar surface area (TPSA) is 69.0 Å². The van der Waals surface area contributed by atoms with E-state index in [4.69, 9.17) is 4.74 Å². The van der Waals surface area contributed by atoms with Gasteiger partial charge in [0.1, 0.15) is 23.5 Å². The summed E-state index contributed by atoms with van der Waals surface area (Å²) in [6.07, 6.45) is 1.60. The Morgan fingerprint density at radius 3 is 2.73 bits per heavy atom. The lowest BCUT2D eigenvalue weighted by Crippen LogP contribution is -2.30. The SMILES string of the molecule is COc1cccc(F)c1C(=O)NC(C)c1nncn1C(C)C. The van der Waals surface area contributed by atoms with Crippen LogP contribution in [0.25, 0.3) is 0 Å². The number of hydrogen-bond acceptors (Lipinski definition) is 4. The molecule has 1 N–H and O–H groups in total. The second-order valence-corrected chi connectivity index (χ2v) is 5.20. The maximum Gasteiger partial charge on any atom is 0.258 e. The molecule has 2 rings (SSSR count). The number of benzene rings is 1. The van der Waals surface area contributed by atoms with E-state index >= 15 is 0 Å². The highest BCUT2D eigenvalue weighted by atomic mass is 19.1. The molecule has 22 heavy (non-hydrogen) atoms. The van der Waals surface area contributed by atoms with Crippen molar-refractivity contribution in [2.45, 2.75) is 32.9 Å². The van der Waals surface area contributed by atoms with E-state index in [-0.39, 0.29) is 17.4 Å².